The van der Waals surface area contributed by atoms with Crippen LogP contribution in [0.3, 0.4) is 0 Å². The molecule has 2 aromatic carbocycles. The third-order valence-corrected chi connectivity index (χ3v) is 6.42. The monoisotopic (exact) mass is 487 g/mol. The minimum atomic E-state index is -1.46. The van der Waals surface area contributed by atoms with Gasteiger partial charge in [0.1, 0.15) is 0 Å². The van der Waals surface area contributed by atoms with Crippen molar-refractivity contribution >= 4 is 11.8 Å². The average molecular weight is 488 g/mol. The van der Waals surface area contributed by atoms with E-state index in [1.807, 2.05) is 12.1 Å². The smallest absolute Gasteiger partial charge is 0.251 e. The molecule has 5 N–H and O–H groups in total. The quantitative estimate of drug-likeness (QED) is 0.310. The van der Waals surface area contributed by atoms with Gasteiger partial charge >= 0.3 is 0 Å². The molecule has 0 radical (unpaired) electrons. The van der Waals surface area contributed by atoms with Gasteiger partial charge in [-0.3, -0.25) is 9.59 Å². The first kappa shape index (κ1) is 26.6. The topological polar surface area (TPSA) is 120 Å². The highest BCUT2D eigenvalue weighted by atomic mass is 19.1. The van der Waals surface area contributed by atoms with Gasteiger partial charge in [0.15, 0.2) is 17.7 Å². The van der Waals surface area contributed by atoms with E-state index in [-0.39, 0.29) is 36.6 Å². The molecular weight excluding hydrogens is 453 g/mol. The second kappa shape index (κ2) is 12.6. The van der Waals surface area contributed by atoms with Crippen molar-refractivity contribution in [3.05, 3.63) is 65.0 Å². The zero-order valence-electron chi connectivity index (χ0n) is 20.1. The van der Waals surface area contributed by atoms with Crippen molar-refractivity contribution in [2.24, 2.45) is 0 Å². The van der Waals surface area contributed by atoms with Crippen LogP contribution in [0.2, 0.25) is 0 Å². The molecule has 9 heteroatoms. The van der Waals surface area contributed by atoms with E-state index in [4.69, 9.17) is 9.84 Å². The van der Waals surface area contributed by atoms with Crippen LogP contribution < -0.4 is 20.7 Å². The molecule has 4 atom stereocenters. The molecule has 0 spiro atoms. The number of amides is 2. The first-order valence-electron chi connectivity index (χ1n) is 11.9. The largest absolute Gasteiger partial charge is 0.494 e. The molecule has 0 aromatic heterocycles. The lowest BCUT2D eigenvalue weighted by atomic mass is 9.96. The number of aliphatic hydroxyl groups excluding tert-OH is 2. The van der Waals surface area contributed by atoms with Crippen molar-refractivity contribution in [2.45, 2.75) is 50.3 Å². The summed E-state index contributed by atoms with van der Waals surface area (Å²) in [5.74, 6) is -0.654. The second-order valence-corrected chi connectivity index (χ2v) is 8.86. The van der Waals surface area contributed by atoms with Gasteiger partial charge < -0.3 is 30.9 Å². The van der Waals surface area contributed by atoms with Gasteiger partial charge in [-0.1, -0.05) is 18.2 Å². The number of methoxy groups -OCH3 is 1. The molecule has 2 amide bonds. The molecule has 0 bridgehead atoms. The molecule has 0 heterocycles. The predicted octanol–water partition coefficient (Wildman–Crippen LogP) is 2.02. The summed E-state index contributed by atoms with van der Waals surface area (Å²) in [7, 11) is 1.46. The summed E-state index contributed by atoms with van der Waals surface area (Å²) in [4.78, 5) is 23.7. The lowest BCUT2D eigenvalue weighted by molar-refractivity contribution is -0.131. The molecule has 0 saturated heterocycles. The lowest BCUT2D eigenvalue weighted by Crippen LogP contribution is -2.41. The molecule has 0 aliphatic heterocycles. The van der Waals surface area contributed by atoms with Crippen molar-refractivity contribution in [3.8, 4) is 5.75 Å². The van der Waals surface area contributed by atoms with Crippen LogP contribution in [0.25, 0.3) is 0 Å². The van der Waals surface area contributed by atoms with Crippen LogP contribution in [0.4, 0.5) is 4.39 Å². The molecule has 190 valence electrons. The highest BCUT2D eigenvalue weighted by Crippen LogP contribution is 2.36. The van der Waals surface area contributed by atoms with E-state index in [1.165, 1.54) is 18.7 Å². The Labute approximate surface area is 204 Å². The second-order valence-electron chi connectivity index (χ2n) is 8.86. The zero-order valence-corrected chi connectivity index (χ0v) is 20.1. The number of hydrogen-bond donors (Lipinski definition) is 5. The summed E-state index contributed by atoms with van der Waals surface area (Å²) in [6, 6.07) is 12.9. The van der Waals surface area contributed by atoms with E-state index in [9.17, 15) is 19.1 Å². The number of carbonyl (C=O) groups excluding carboxylic acids is 2. The van der Waals surface area contributed by atoms with Crippen LogP contribution in [0.1, 0.15) is 59.6 Å². The summed E-state index contributed by atoms with van der Waals surface area (Å²) in [6.45, 7) is 1.77. The Hall–Kier alpha value is -3.01. The van der Waals surface area contributed by atoms with Crippen LogP contribution in [0.15, 0.2) is 42.5 Å². The van der Waals surface area contributed by atoms with Crippen LogP contribution in [-0.2, 0) is 4.79 Å². The van der Waals surface area contributed by atoms with Crippen molar-refractivity contribution in [1.29, 1.82) is 0 Å². The third-order valence-electron chi connectivity index (χ3n) is 6.42. The van der Waals surface area contributed by atoms with Gasteiger partial charge in [-0.05, 0) is 67.5 Å². The number of ether oxygens (including phenoxy) is 1. The zero-order chi connectivity index (χ0) is 25.4. The number of benzene rings is 2. The standard InChI is InChI=1S/C26H34FN3O5/c1-16(19-8-10-22(27)24(14-19)35-2)30-21-9-7-20(13-21)17-3-5-18(6-4-17)25(33)28-11-12-29-26(34)23(32)15-31/h3-6,8,10,14,16,20-21,23,30-32H,7,9,11-13,15H2,1-2H3,(H,28,33)(H,29,34). The van der Waals surface area contributed by atoms with Gasteiger partial charge in [-0.2, -0.15) is 0 Å². The third kappa shape index (κ3) is 7.24. The van der Waals surface area contributed by atoms with Gasteiger partial charge in [-0.15, -0.1) is 0 Å². The van der Waals surface area contributed by atoms with E-state index in [2.05, 4.69) is 22.9 Å². The summed E-state index contributed by atoms with van der Waals surface area (Å²) in [6.07, 6.45) is 1.60. The van der Waals surface area contributed by atoms with E-state index in [0.29, 0.717) is 17.5 Å². The molecule has 3 rings (SSSR count). The lowest BCUT2D eigenvalue weighted by Gasteiger charge is -2.21. The maximum absolute atomic E-state index is 13.7. The summed E-state index contributed by atoms with van der Waals surface area (Å²) >= 11 is 0. The van der Waals surface area contributed by atoms with E-state index in [0.717, 1.165) is 24.8 Å². The van der Waals surface area contributed by atoms with E-state index < -0.39 is 18.6 Å². The first-order valence-corrected chi connectivity index (χ1v) is 11.9. The Morgan fingerprint density at radius 2 is 1.83 bits per heavy atom. The maximum atomic E-state index is 13.7. The minimum Gasteiger partial charge on any atom is -0.494 e. The van der Waals surface area contributed by atoms with Crippen molar-refractivity contribution in [1.82, 2.24) is 16.0 Å². The molecule has 8 nitrogen and oxygen atoms in total. The molecule has 1 fully saturated rings. The molecule has 1 saturated carbocycles. The molecule has 1 aliphatic carbocycles. The fraction of sp³-hybridized carbons (Fsp3) is 0.462. The van der Waals surface area contributed by atoms with Crippen LogP contribution in [-0.4, -0.2) is 61.0 Å². The molecule has 2 aromatic rings. The fourth-order valence-corrected chi connectivity index (χ4v) is 4.40. The molecule has 1 aliphatic rings. The van der Waals surface area contributed by atoms with Crippen molar-refractivity contribution in [2.75, 3.05) is 26.8 Å². The fourth-order valence-electron chi connectivity index (χ4n) is 4.40. The SMILES string of the molecule is COc1cc(C(C)NC2CCC(c3ccc(C(=O)NCCNC(=O)C(O)CO)cc3)C2)ccc1F. The maximum Gasteiger partial charge on any atom is 0.251 e. The summed E-state index contributed by atoms with van der Waals surface area (Å²) in [5, 5.41) is 26.7. The van der Waals surface area contributed by atoms with E-state index >= 15 is 0 Å². The minimum absolute atomic E-state index is 0.0657. The molecule has 35 heavy (non-hydrogen) atoms. The Kier molecular flexibility index (Phi) is 9.59. The first-order chi connectivity index (χ1) is 16.8. The molecule has 4 unspecified atom stereocenters. The van der Waals surface area contributed by atoms with E-state index in [1.54, 1.807) is 24.3 Å². The number of aliphatic hydroxyl groups is 2. The highest BCUT2D eigenvalue weighted by molar-refractivity contribution is 5.94. The van der Waals surface area contributed by atoms with Crippen molar-refractivity contribution < 1.29 is 28.9 Å². The number of halogens is 1. The van der Waals surface area contributed by atoms with Gasteiger partial charge in [0.2, 0.25) is 0 Å². The van der Waals surface area contributed by atoms with Crippen molar-refractivity contribution in [3.63, 3.8) is 0 Å². The average Bonchev–Trinajstić information content (AvgIpc) is 3.34. The van der Waals surface area contributed by atoms with Crippen LogP contribution >= 0.6 is 0 Å². The molecular formula is C26H34FN3O5. The van der Waals surface area contributed by atoms with Gasteiger partial charge in [0, 0.05) is 30.7 Å². The van der Waals surface area contributed by atoms with Gasteiger partial charge in [0.05, 0.1) is 13.7 Å². The Balaban J connectivity index is 1.46. The van der Waals surface area contributed by atoms with Gasteiger partial charge in [0.25, 0.3) is 11.8 Å². The normalized spacial score (nSPS) is 19.1. The summed E-state index contributed by atoms with van der Waals surface area (Å²) < 4.78 is 18.8. The Bertz CT molecular complexity index is 1000. The highest BCUT2D eigenvalue weighted by Gasteiger charge is 2.27. The number of nitrogens with one attached hydrogen (secondary N) is 3. The Morgan fingerprint density at radius 3 is 2.51 bits per heavy atom. The van der Waals surface area contributed by atoms with Gasteiger partial charge in [-0.25, -0.2) is 4.39 Å². The summed E-state index contributed by atoms with van der Waals surface area (Å²) in [5.41, 5.74) is 2.69. The number of carbonyl (C=O) groups is 2. The van der Waals surface area contributed by atoms with Crippen LogP contribution in [0, 0.1) is 5.82 Å². The van der Waals surface area contributed by atoms with Crippen LogP contribution in [0.5, 0.6) is 5.75 Å². The Morgan fingerprint density at radius 1 is 1.11 bits per heavy atom. The number of rotatable bonds is 11. The predicted molar refractivity (Wildman–Crippen MR) is 130 cm³/mol. The number of hydrogen-bond acceptors (Lipinski definition) is 6.